The number of aromatic nitrogens is 1. The molecule has 0 aliphatic carbocycles. The van der Waals surface area contributed by atoms with Crippen LogP contribution in [0.5, 0.6) is 0 Å². The molecule has 0 radical (unpaired) electrons. The van der Waals surface area contributed by atoms with Gasteiger partial charge in [-0.3, -0.25) is 4.79 Å². The summed E-state index contributed by atoms with van der Waals surface area (Å²) >= 11 is 3.48. The van der Waals surface area contributed by atoms with Gasteiger partial charge in [0.05, 0.1) is 11.0 Å². The second-order valence-electron chi connectivity index (χ2n) is 3.49. The van der Waals surface area contributed by atoms with Crippen molar-refractivity contribution in [1.82, 2.24) is 4.57 Å². The number of rotatable bonds is 2. The zero-order valence-corrected chi connectivity index (χ0v) is 9.91. The number of hydrogen-bond donors (Lipinski definition) is 1. The second-order valence-corrected chi connectivity index (χ2v) is 4.24. The van der Waals surface area contributed by atoms with Gasteiger partial charge in [0.15, 0.2) is 0 Å². The Morgan fingerprint density at radius 3 is 2.80 bits per heavy atom. The van der Waals surface area contributed by atoms with Crippen molar-refractivity contribution >= 4 is 32.7 Å². The van der Waals surface area contributed by atoms with Crippen LogP contribution in [0.25, 0.3) is 10.9 Å². The van der Waals surface area contributed by atoms with Crippen LogP contribution in [0.4, 0.5) is 0 Å². The zero-order valence-electron chi connectivity index (χ0n) is 8.33. The molecule has 0 aliphatic heterocycles. The lowest BCUT2D eigenvalue weighted by atomic mass is 10.1. The summed E-state index contributed by atoms with van der Waals surface area (Å²) in [4.78, 5) is 11.0. The molecular weight excluding hydrogens is 256 g/mol. The van der Waals surface area contributed by atoms with Gasteiger partial charge in [0.2, 0.25) is 5.91 Å². The van der Waals surface area contributed by atoms with Crippen LogP contribution in [0.3, 0.4) is 0 Å². The van der Waals surface area contributed by atoms with E-state index < -0.39 is 0 Å². The molecule has 78 valence electrons. The average Bonchev–Trinajstić information content (AvgIpc) is 2.44. The Kier molecular flexibility index (Phi) is 2.52. The van der Waals surface area contributed by atoms with Gasteiger partial charge in [-0.05, 0) is 22.0 Å². The topological polar surface area (TPSA) is 48.0 Å². The highest BCUT2D eigenvalue weighted by Gasteiger charge is 2.13. The molecule has 4 heteroatoms. The molecule has 15 heavy (non-hydrogen) atoms. The van der Waals surface area contributed by atoms with Crippen molar-refractivity contribution in [3.05, 3.63) is 34.4 Å². The maximum atomic E-state index is 11.0. The molecule has 0 spiro atoms. The van der Waals surface area contributed by atoms with E-state index in [2.05, 4.69) is 15.9 Å². The Balaban J connectivity index is 2.72. The quantitative estimate of drug-likeness (QED) is 0.888. The molecular formula is C11H11BrN2O. The van der Waals surface area contributed by atoms with Crippen molar-refractivity contribution in [2.75, 3.05) is 0 Å². The highest BCUT2D eigenvalue weighted by molar-refractivity contribution is 9.10. The minimum absolute atomic E-state index is 0.266. The van der Waals surface area contributed by atoms with E-state index >= 15 is 0 Å². The third-order valence-corrected chi connectivity index (χ3v) is 3.50. The first-order chi connectivity index (χ1) is 7.11. The molecule has 2 aromatic rings. The molecule has 1 amide bonds. The van der Waals surface area contributed by atoms with E-state index in [1.54, 1.807) is 0 Å². The van der Waals surface area contributed by atoms with Gasteiger partial charge in [0.1, 0.15) is 0 Å². The molecule has 0 saturated heterocycles. The summed E-state index contributed by atoms with van der Waals surface area (Å²) in [5.74, 6) is -0.313. The van der Waals surface area contributed by atoms with Gasteiger partial charge in [-0.25, -0.2) is 0 Å². The number of nitrogens with two attached hydrogens (primary N) is 1. The molecule has 1 heterocycles. The third-order valence-electron chi connectivity index (χ3n) is 2.49. The summed E-state index contributed by atoms with van der Waals surface area (Å²) in [6, 6.07) is 7.95. The third kappa shape index (κ3) is 1.65. The minimum atomic E-state index is -0.313. The SMILES string of the molecule is Cn1c(Br)c(CC(N)=O)c2ccccc21. The molecule has 1 aromatic heterocycles. The molecule has 0 fully saturated rings. The largest absolute Gasteiger partial charge is 0.369 e. The van der Waals surface area contributed by atoms with Gasteiger partial charge >= 0.3 is 0 Å². The van der Waals surface area contributed by atoms with Crippen LogP contribution in [0, 0.1) is 0 Å². The van der Waals surface area contributed by atoms with Crippen molar-refractivity contribution < 1.29 is 4.79 Å². The van der Waals surface area contributed by atoms with Crippen LogP contribution in [0.15, 0.2) is 28.9 Å². The first-order valence-corrected chi connectivity index (χ1v) is 5.40. The van der Waals surface area contributed by atoms with E-state index in [0.29, 0.717) is 0 Å². The number of fused-ring (bicyclic) bond motifs is 1. The summed E-state index contributed by atoms with van der Waals surface area (Å²) in [5, 5.41) is 1.07. The number of hydrogen-bond acceptors (Lipinski definition) is 1. The van der Waals surface area contributed by atoms with Crippen LogP contribution in [-0.4, -0.2) is 10.5 Å². The van der Waals surface area contributed by atoms with Gasteiger partial charge < -0.3 is 10.3 Å². The molecule has 1 aromatic carbocycles. The average molecular weight is 267 g/mol. The fourth-order valence-electron chi connectivity index (χ4n) is 1.78. The van der Waals surface area contributed by atoms with Crippen molar-refractivity contribution in [1.29, 1.82) is 0 Å². The number of para-hydroxylation sites is 1. The number of carbonyl (C=O) groups excluding carboxylic acids is 1. The van der Waals surface area contributed by atoms with Gasteiger partial charge in [-0.15, -0.1) is 0 Å². The van der Waals surface area contributed by atoms with Gasteiger partial charge in [0, 0.05) is 23.5 Å². The van der Waals surface area contributed by atoms with E-state index in [4.69, 9.17) is 5.73 Å². The number of benzene rings is 1. The van der Waals surface area contributed by atoms with Crippen LogP contribution in [0.1, 0.15) is 5.56 Å². The van der Waals surface area contributed by atoms with Crippen LogP contribution < -0.4 is 5.73 Å². The van der Waals surface area contributed by atoms with Crippen LogP contribution in [-0.2, 0) is 18.3 Å². The minimum Gasteiger partial charge on any atom is -0.369 e. The molecule has 0 saturated carbocycles. The molecule has 2 rings (SSSR count). The lowest BCUT2D eigenvalue weighted by Gasteiger charge is -1.97. The zero-order chi connectivity index (χ0) is 11.0. The Morgan fingerprint density at radius 2 is 2.13 bits per heavy atom. The monoisotopic (exact) mass is 266 g/mol. The number of amides is 1. The maximum absolute atomic E-state index is 11.0. The Bertz CT molecular complexity index is 531. The standard InChI is InChI=1S/C11H11BrN2O/c1-14-9-5-3-2-4-7(9)8(11(14)12)6-10(13)15/h2-5H,6H2,1H3,(H2,13,15). The molecule has 0 unspecified atom stereocenters. The highest BCUT2D eigenvalue weighted by atomic mass is 79.9. The first-order valence-electron chi connectivity index (χ1n) is 4.61. The first kappa shape index (κ1) is 10.2. The predicted molar refractivity (Wildman–Crippen MR) is 63.5 cm³/mol. The fraction of sp³-hybridized carbons (Fsp3) is 0.182. The lowest BCUT2D eigenvalue weighted by Crippen LogP contribution is -2.13. The van der Waals surface area contributed by atoms with Crippen LogP contribution in [0.2, 0.25) is 0 Å². The predicted octanol–water partition coefficient (Wildman–Crippen LogP) is 1.97. The Morgan fingerprint density at radius 1 is 1.47 bits per heavy atom. The lowest BCUT2D eigenvalue weighted by molar-refractivity contribution is -0.117. The summed E-state index contributed by atoms with van der Waals surface area (Å²) < 4.78 is 2.93. The van der Waals surface area contributed by atoms with Gasteiger partial charge in [-0.2, -0.15) is 0 Å². The number of halogens is 1. The number of nitrogens with zero attached hydrogens (tertiary/aromatic N) is 1. The van der Waals surface area contributed by atoms with E-state index in [0.717, 1.165) is 21.1 Å². The summed E-state index contributed by atoms with van der Waals surface area (Å²) in [6.45, 7) is 0. The molecule has 0 atom stereocenters. The Hall–Kier alpha value is -1.29. The van der Waals surface area contributed by atoms with E-state index in [-0.39, 0.29) is 12.3 Å². The Labute approximate surface area is 96.0 Å². The fourth-order valence-corrected chi connectivity index (χ4v) is 2.33. The van der Waals surface area contributed by atoms with Crippen molar-refractivity contribution in [3.8, 4) is 0 Å². The van der Waals surface area contributed by atoms with Crippen molar-refractivity contribution in [2.45, 2.75) is 6.42 Å². The smallest absolute Gasteiger partial charge is 0.221 e. The summed E-state index contributed by atoms with van der Waals surface area (Å²) in [6.07, 6.45) is 0.266. The van der Waals surface area contributed by atoms with Crippen molar-refractivity contribution in [3.63, 3.8) is 0 Å². The molecule has 3 nitrogen and oxygen atoms in total. The van der Waals surface area contributed by atoms with Gasteiger partial charge in [-0.1, -0.05) is 18.2 Å². The normalized spacial score (nSPS) is 10.8. The molecule has 0 bridgehead atoms. The summed E-state index contributed by atoms with van der Waals surface area (Å²) in [5.41, 5.74) is 7.28. The molecule has 0 aliphatic rings. The van der Waals surface area contributed by atoms with Gasteiger partial charge in [0.25, 0.3) is 0 Å². The second kappa shape index (κ2) is 3.70. The number of primary amides is 1. The van der Waals surface area contributed by atoms with Crippen LogP contribution >= 0.6 is 15.9 Å². The summed E-state index contributed by atoms with van der Waals surface area (Å²) in [7, 11) is 1.96. The van der Waals surface area contributed by atoms with E-state index in [9.17, 15) is 4.79 Å². The number of carbonyl (C=O) groups is 1. The van der Waals surface area contributed by atoms with E-state index in [1.807, 2.05) is 35.9 Å². The van der Waals surface area contributed by atoms with Crippen molar-refractivity contribution in [2.24, 2.45) is 12.8 Å². The van der Waals surface area contributed by atoms with E-state index in [1.165, 1.54) is 0 Å². The highest BCUT2D eigenvalue weighted by Crippen LogP contribution is 2.29. The molecule has 2 N–H and O–H groups in total. The number of aryl methyl sites for hydroxylation is 1. The maximum Gasteiger partial charge on any atom is 0.221 e.